The lowest BCUT2D eigenvalue weighted by Gasteiger charge is -2.16. The number of rotatable bonds is 4. The Bertz CT molecular complexity index is 605. The average Bonchev–Trinajstić information content (AvgIpc) is 3.10. The first-order valence-electron chi connectivity index (χ1n) is 6.39. The van der Waals surface area contributed by atoms with Crippen LogP contribution in [0.1, 0.15) is 23.3 Å². The van der Waals surface area contributed by atoms with Crippen LogP contribution in [-0.4, -0.2) is 34.1 Å². The van der Waals surface area contributed by atoms with Crippen LogP contribution in [0.25, 0.3) is 0 Å². The molecule has 7 heteroatoms. The van der Waals surface area contributed by atoms with E-state index in [2.05, 4.69) is 20.2 Å². The fraction of sp³-hybridized carbons (Fsp3) is 0.308. The van der Waals surface area contributed by atoms with Crippen molar-refractivity contribution >= 4 is 33.9 Å². The second-order valence-corrected chi connectivity index (χ2v) is 5.43. The zero-order valence-corrected chi connectivity index (χ0v) is 11.6. The van der Waals surface area contributed by atoms with Crippen molar-refractivity contribution in [2.75, 3.05) is 23.3 Å². The van der Waals surface area contributed by atoms with Crippen LogP contribution >= 0.6 is 11.3 Å². The lowest BCUT2D eigenvalue weighted by molar-refractivity contribution is 0.0691. The van der Waals surface area contributed by atoms with E-state index in [1.165, 1.54) is 29.6 Å². The number of anilines is 3. The molecule has 1 aliphatic heterocycles. The molecule has 20 heavy (non-hydrogen) atoms. The number of aromatic carboxylic acids is 1. The Morgan fingerprint density at radius 2 is 2.15 bits per heavy atom. The van der Waals surface area contributed by atoms with Crippen molar-refractivity contribution in [2.45, 2.75) is 12.8 Å². The smallest absolute Gasteiger partial charge is 0.355 e. The number of hydrogen-bond acceptors (Lipinski definition) is 6. The molecule has 1 saturated heterocycles. The second-order valence-electron chi connectivity index (χ2n) is 4.57. The number of carboxylic acids is 1. The Morgan fingerprint density at radius 1 is 1.35 bits per heavy atom. The summed E-state index contributed by atoms with van der Waals surface area (Å²) in [7, 11) is 0. The van der Waals surface area contributed by atoms with Gasteiger partial charge in [-0.05, 0) is 25.0 Å². The molecule has 0 atom stereocenters. The molecule has 0 aliphatic carbocycles. The van der Waals surface area contributed by atoms with Crippen molar-refractivity contribution in [1.82, 2.24) is 9.97 Å². The Balaban J connectivity index is 1.69. The predicted molar refractivity (Wildman–Crippen MR) is 78.0 cm³/mol. The molecule has 2 aromatic rings. The van der Waals surface area contributed by atoms with Gasteiger partial charge in [0.25, 0.3) is 0 Å². The number of pyridine rings is 1. The standard InChI is InChI=1S/C13H14N4O2S/c18-12(19)10-8-20-13(16-10)15-9-3-4-11(14-7-9)17-5-1-2-6-17/h3-4,7-8H,1-2,5-6H2,(H,15,16)(H,18,19). The van der Waals surface area contributed by atoms with E-state index in [1.807, 2.05) is 12.1 Å². The molecule has 1 aliphatic rings. The third-order valence-electron chi connectivity index (χ3n) is 3.15. The minimum Gasteiger partial charge on any atom is -0.476 e. The van der Waals surface area contributed by atoms with E-state index < -0.39 is 5.97 Å². The largest absolute Gasteiger partial charge is 0.476 e. The maximum Gasteiger partial charge on any atom is 0.355 e. The van der Waals surface area contributed by atoms with Crippen LogP contribution in [0.5, 0.6) is 0 Å². The van der Waals surface area contributed by atoms with Crippen LogP contribution in [-0.2, 0) is 0 Å². The zero-order valence-electron chi connectivity index (χ0n) is 10.7. The lowest BCUT2D eigenvalue weighted by Crippen LogP contribution is -2.18. The summed E-state index contributed by atoms with van der Waals surface area (Å²) in [5.74, 6) is -0.0322. The maximum atomic E-state index is 10.8. The first kappa shape index (κ1) is 12.9. The van der Waals surface area contributed by atoms with Crippen molar-refractivity contribution in [2.24, 2.45) is 0 Å². The van der Waals surface area contributed by atoms with Crippen molar-refractivity contribution in [1.29, 1.82) is 0 Å². The Labute approximate surface area is 120 Å². The zero-order chi connectivity index (χ0) is 13.9. The minimum atomic E-state index is -1.02. The normalized spacial score (nSPS) is 14.5. The van der Waals surface area contributed by atoms with Crippen LogP contribution < -0.4 is 10.2 Å². The third-order valence-corrected chi connectivity index (χ3v) is 3.91. The summed E-state index contributed by atoms with van der Waals surface area (Å²) in [5.41, 5.74) is 0.860. The molecule has 2 aromatic heterocycles. The van der Waals surface area contributed by atoms with Gasteiger partial charge in [0.2, 0.25) is 0 Å². The van der Waals surface area contributed by atoms with Gasteiger partial charge in [-0.2, -0.15) is 0 Å². The molecule has 3 rings (SSSR count). The van der Waals surface area contributed by atoms with Gasteiger partial charge < -0.3 is 15.3 Å². The lowest BCUT2D eigenvalue weighted by atomic mass is 10.4. The van der Waals surface area contributed by atoms with Crippen molar-refractivity contribution in [3.05, 3.63) is 29.4 Å². The summed E-state index contributed by atoms with van der Waals surface area (Å²) in [6.45, 7) is 2.13. The fourth-order valence-electron chi connectivity index (χ4n) is 2.15. The molecule has 0 saturated carbocycles. The van der Waals surface area contributed by atoms with Gasteiger partial charge in [-0.3, -0.25) is 0 Å². The highest BCUT2D eigenvalue weighted by atomic mass is 32.1. The summed E-state index contributed by atoms with van der Waals surface area (Å²) in [5, 5.41) is 13.9. The van der Waals surface area contributed by atoms with Crippen molar-refractivity contribution < 1.29 is 9.90 Å². The summed E-state index contributed by atoms with van der Waals surface area (Å²) < 4.78 is 0. The fourth-order valence-corrected chi connectivity index (χ4v) is 2.85. The quantitative estimate of drug-likeness (QED) is 0.901. The molecule has 0 amide bonds. The highest BCUT2D eigenvalue weighted by Gasteiger charge is 2.13. The monoisotopic (exact) mass is 290 g/mol. The summed E-state index contributed by atoms with van der Waals surface area (Å²) >= 11 is 1.26. The number of nitrogens with one attached hydrogen (secondary N) is 1. The Morgan fingerprint density at radius 3 is 2.75 bits per heavy atom. The van der Waals surface area contributed by atoms with E-state index in [0.29, 0.717) is 5.13 Å². The van der Waals surface area contributed by atoms with Gasteiger partial charge in [-0.25, -0.2) is 14.8 Å². The molecular formula is C13H14N4O2S. The average molecular weight is 290 g/mol. The molecular weight excluding hydrogens is 276 g/mol. The van der Waals surface area contributed by atoms with Crippen LogP contribution in [0, 0.1) is 0 Å². The number of thiazole rings is 1. The van der Waals surface area contributed by atoms with Gasteiger partial charge in [-0.15, -0.1) is 11.3 Å². The van der Waals surface area contributed by atoms with E-state index in [4.69, 9.17) is 5.11 Å². The van der Waals surface area contributed by atoms with Gasteiger partial charge in [-0.1, -0.05) is 0 Å². The van der Waals surface area contributed by atoms with E-state index in [9.17, 15) is 4.79 Å². The minimum absolute atomic E-state index is 0.0548. The maximum absolute atomic E-state index is 10.8. The Hall–Kier alpha value is -2.15. The van der Waals surface area contributed by atoms with Gasteiger partial charge >= 0.3 is 5.97 Å². The second kappa shape index (κ2) is 5.46. The summed E-state index contributed by atoms with van der Waals surface area (Å²) in [4.78, 5) is 21.4. The number of hydrogen-bond donors (Lipinski definition) is 2. The number of carboxylic acid groups (broad SMARTS) is 1. The molecule has 104 valence electrons. The van der Waals surface area contributed by atoms with E-state index in [-0.39, 0.29) is 5.69 Å². The van der Waals surface area contributed by atoms with Gasteiger partial charge in [0.1, 0.15) is 5.82 Å². The van der Waals surface area contributed by atoms with Crippen LogP contribution in [0.2, 0.25) is 0 Å². The van der Waals surface area contributed by atoms with Crippen LogP contribution in [0.4, 0.5) is 16.6 Å². The SMILES string of the molecule is O=C(O)c1csc(Nc2ccc(N3CCCC3)nc2)n1. The van der Waals surface area contributed by atoms with E-state index in [1.54, 1.807) is 6.20 Å². The highest BCUT2D eigenvalue weighted by molar-refractivity contribution is 7.14. The molecule has 0 spiro atoms. The van der Waals surface area contributed by atoms with Gasteiger partial charge in [0.15, 0.2) is 10.8 Å². The molecule has 0 radical (unpaired) electrons. The van der Waals surface area contributed by atoms with Crippen molar-refractivity contribution in [3.8, 4) is 0 Å². The molecule has 3 heterocycles. The number of nitrogens with zero attached hydrogens (tertiary/aromatic N) is 3. The third kappa shape index (κ3) is 2.72. The molecule has 0 unspecified atom stereocenters. The van der Waals surface area contributed by atoms with Gasteiger partial charge in [0, 0.05) is 18.5 Å². The molecule has 1 fully saturated rings. The first-order valence-corrected chi connectivity index (χ1v) is 7.27. The van der Waals surface area contributed by atoms with Crippen molar-refractivity contribution in [3.63, 3.8) is 0 Å². The first-order chi connectivity index (χ1) is 9.72. The number of carbonyl (C=O) groups is 1. The summed E-state index contributed by atoms with van der Waals surface area (Å²) in [6.07, 6.45) is 4.19. The van der Waals surface area contributed by atoms with E-state index >= 15 is 0 Å². The predicted octanol–water partition coefficient (Wildman–Crippen LogP) is 2.58. The highest BCUT2D eigenvalue weighted by Crippen LogP contribution is 2.23. The number of aromatic nitrogens is 2. The summed E-state index contributed by atoms with van der Waals surface area (Å²) in [6, 6.07) is 3.90. The topological polar surface area (TPSA) is 78.4 Å². The Kier molecular flexibility index (Phi) is 3.51. The molecule has 6 nitrogen and oxygen atoms in total. The molecule has 0 bridgehead atoms. The molecule has 2 N–H and O–H groups in total. The van der Waals surface area contributed by atoms with Crippen LogP contribution in [0.15, 0.2) is 23.7 Å². The van der Waals surface area contributed by atoms with E-state index in [0.717, 1.165) is 24.6 Å². The van der Waals surface area contributed by atoms with Gasteiger partial charge in [0.05, 0.1) is 11.9 Å². The molecule has 0 aromatic carbocycles. The van der Waals surface area contributed by atoms with Crippen LogP contribution in [0.3, 0.4) is 0 Å².